The number of aromatic nitrogens is 3. The van der Waals surface area contributed by atoms with Crippen molar-refractivity contribution in [2.75, 3.05) is 13.1 Å². The summed E-state index contributed by atoms with van der Waals surface area (Å²) in [5.41, 5.74) is 6.56. The molecule has 116 valence electrons. The van der Waals surface area contributed by atoms with Gasteiger partial charge in [-0.25, -0.2) is 0 Å². The molecule has 0 radical (unpaired) electrons. The van der Waals surface area contributed by atoms with Gasteiger partial charge >= 0.3 is 0 Å². The van der Waals surface area contributed by atoms with Gasteiger partial charge in [0.1, 0.15) is 11.5 Å². The fourth-order valence-electron chi connectivity index (χ4n) is 2.72. The summed E-state index contributed by atoms with van der Waals surface area (Å²) in [6.45, 7) is 2.97. The highest BCUT2D eigenvalue weighted by Gasteiger charge is 2.28. The van der Waals surface area contributed by atoms with Crippen LogP contribution in [-0.4, -0.2) is 45.2 Å². The highest BCUT2D eigenvalue weighted by Crippen LogP contribution is 2.26. The molecule has 0 unspecified atom stereocenters. The average molecular weight is 303 g/mol. The molecule has 1 saturated heterocycles. The molecule has 2 aromatic rings. The van der Waals surface area contributed by atoms with Crippen LogP contribution >= 0.6 is 0 Å². The molecule has 22 heavy (non-hydrogen) atoms. The van der Waals surface area contributed by atoms with Crippen LogP contribution in [0, 0.1) is 6.92 Å². The summed E-state index contributed by atoms with van der Waals surface area (Å²) in [6.07, 6.45) is 1.79. The van der Waals surface area contributed by atoms with Gasteiger partial charge in [0.2, 0.25) is 0 Å². The predicted octanol–water partition coefficient (Wildman–Crippen LogP) is 0.825. The third kappa shape index (κ3) is 2.72. The van der Waals surface area contributed by atoms with E-state index in [0.717, 1.165) is 18.5 Å². The van der Waals surface area contributed by atoms with Gasteiger partial charge in [-0.05, 0) is 25.8 Å². The molecule has 0 bridgehead atoms. The van der Waals surface area contributed by atoms with E-state index in [-0.39, 0.29) is 17.5 Å². The largest absolute Gasteiger partial charge is 0.364 e. The molecule has 2 aromatic heterocycles. The van der Waals surface area contributed by atoms with E-state index in [2.05, 4.69) is 15.4 Å². The number of hydrogen-bond acceptors (Lipinski definition) is 5. The second kappa shape index (κ2) is 5.63. The summed E-state index contributed by atoms with van der Waals surface area (Å²) in [5.74, 6) is 0.00313. The molecular weight excluding hydrogens is 286 g/mol. The van der Waals surface area contributed by atoms with Crippen molar-refractivity contribution in [2.45, 2.75) is 25.7 Å². The van der Waals surface area contributed by atoms with Crippen LogP contribution < -0.4 is 5.73 Å². The Bertz CT molecular complexity index is 705. The first-order valence-electron chi connectivity index (χ1n) is 7.12. The van der Waals surface area contributed by atoms with Gasteiger partial charge in [-0.2, -0.15) is 5.10 Å². The quantitative estimate of drug-likeness (QED) is 0.870. The highest BCUT2D eigenvalue weighted by atomic mass is 16.5. The number of likely N-dealkylation sites (tertiary alicyclic amines) is 1. The van der Waals surface area contributed by atoms with Crippen molar-refractivity contribution in [3.05, 3.63) is 35.0 Å². The number of aryl methyl sites for hydroxylation is 1. The van der Waals surface area contributed by atoms with Gasteiger partial charge in [-0.3, -0.25) is 14.7 Å². The van der Waals surface area contributed by atoms with Crippen LogP contribution in [0.3, 0.4) is 0 Å². The molecular formula is C14H17N5O3. The van der Waals surface area contributed by atoms with E-state index in [1.807, 2.05) is 0 Å². The van der Waals surface area contributed by atoms with E-state index in [1.165, 1.54) is 0 Å². The van der Waals surface area contributed by atoms with Crippen LogP contribution in [-0.2, 0) is 0 Å². The maximum atomic E-state index is 12.4. The molecule has 3 rings (SSSR count). The van der Waals surface area contributed by atoms with E-state index in [9.17, 15) is 9.59 Å². The fraction of sp³-hybridized carbons (Fsp3) is 0.429. The van der Waals surface area contributed by atoms with Gasteiger partial charge < -0.3 is 15.2 Å². The number of hydrogen-bond donors (Lipinski definition) is 2. The second-order valence-electron chi connectivity index (χ2n) is 5.49. The van der Waals surface area contributed by atoms with Crippen molar-refractivity contribution in [2.24, 2.45) is 5.73 Å². The first kappa shape index (κ1) is 14.3. The zero-order valence-electron chi connectivity index (χ0n) is 12.2. The molecule has 1 aliphatic heterocycles. The van der Waals surface area contributed by atoms with Crippen LogP contribution in [0.5, 0.6) is 0 Å². The minimum Gasteiger partial charge on any atom is -0.364 e. The number of carbonyl (C=O) groups excluding carboxylic acids is 2. The molecule has 1 aliphatic rings. The Kier molecular flexibility index (Phi) is 3.66. The maximum Gasteiger partial charge on any atom is 0.276 e. The number of nitrogens with one attached hydrogen (secondary N) is 1. The Morgan fingerprint density at radius 2 is 2.23 bits per heavy atom. The smallest absolute Gasteiger partial charge is 0.276 e. The highest BCUT2D eigenvalue weighted by molar-refractivity contribution is 5.92. The molecule has 0 spiro atoms. The molecule has 1 fully saturated rings. The molecule has 2 amide bonds. The third-order valence-electron chi connectivity index (χ3n) is 3.85. The molecule has 1 atom stereocenters. The topological polar surface area (TPSA) is 118 Å². The maximum absolute atomic E-state index is 12.4. The normalized spacial score (nSPS) is 18.4. The first-order chi connectivity index (χ1) is 10.5. The van der Waals surface area contributed by atoms with Crippen molar-refractivity contribution in [1.82, 2.24) is 20.3 Å². The number of amides is 2. The number of primary amides is 1. The molecule has 0 aliphatic carbocycles. The Balaban J connectivity index is 1.73. The Morgan fingerprint density at radius 1 is 1.41 bits per heavy atom. The van der Waals surface area contributed by atoms with Crippen LogP contribution in [0.4, 0.5) is 0 Å². The second-order valence-corrected chi connectivity index (χ2v) is 5.49. The Labute approximate surface area is 126 Å². The number of aromatic amines is 1. The number of nitrogens with two attached hydrogens (primary N) is 1. The summed E-state index contributed by atoms with van der Waals surface area (Å²) in [7, 11) is 0. The summed E-state index contributed by atoms with van der Waals surface area (Å²) in [4.78, 5) is 25.3. The monoisotopic (exact) mass is 303 g/mol. The van der Waals surface area contributed by atoms with Crippen LogP contribution in [0.25, 0.3) is 0 Å². The lowest BCUT2D eigenvalue weighted by molar-refractivity contribution is 0.0695. The van der Waals surface area contributed by atoms with Gasteiger partial charge in [0.15, 0.2) is 5.69 Å². The van der Waals surface area contributed by atoms with Crippen molar-refractivity contribution in [3.63, 3.8) is 0 Å². The fourth-order valence-corrected chi connectivity index (χ4v) is 2.72. The first-order valence-corrected chi connectivity index (χ1v) is 7.12. The van der Waals surface area contributed by atoms with E-state index >= 15 is 0 Å². The average Bonchev–Trinajstić information content (AvgIpc) is 3.15. The zero-order valence-corrected chi connectivity index (χ0v) is 12.2. The summed E-state index contributed by atoms with van der Waals surface area (Å²) in [6, 6.07) is 3.29. The van der Waals surface area contributed by atoms with Gasteiger partial charge in [0, 0.05) is 30.8 Å². The van der Waals surface area contributed by atoms with E-state index in [4.69, 9.17) is 10.3 Å². The van der Waals surface area contributed by atoms with Crippen LogP contribution in [0.1, 0.15) is 51.2 Å². The van der Waals surface area contributed by atoms with Crippen molar-refractivity contribution in [3.8, 4) is 0 Å². The zero-order chi connectivity index (χ0) is 15.7. The summed E-state index contributed by atoms with van der Waals surface area (Å²) in [5, 5.41) is 10.5. The molecule has 3 heterocycles. The standard InChI is InChI=1S/C14H17N5O3/c1-8-5-12(18-22-8)14(21)19-4-2-3-9(7-19)10-6-11(13(15)20)17-16-10/h5-6,9H,2-4,7H2,1H3,(H2,15,20)(H,16,17)/t9-/m0/s1. The minimum absolute atomic E-state index is 0.103. The summed E-state index contributed by atoms with van der Waals surface area (Å²) < 4.78 is 4.95. The van der Waals surface area contributed by atoms with E-state index in [1.54, 1.807) is 24.0 Å². The summed E-state index contributed by atoms with van der Waals surface area (Å²) >= 11 is 0. The van der Waals surface area contributed by atoms with E-state index < -0.39 is 5.91 Å². The lowest BCUT2D eigenvalue weighted by atomic mass is 9.94. The molecule has 8 heteroatoms. The van der Waals surface area contributed by atoms with Crippen molar-refractivity contribution >= 4 is 11.8 Å². The lowest BCUT2D eigenvalue weighted by Crippen LogP contribution is -2.39. The number of nitrogens with zero attached hydrogens (tertiary/aromatic N) is 3. The number of piperidine rings is 1. The number of rotatable bonds is 3. The van der Waals surface area contributed by atoms with Crippen LogP contribution in [0.2, 0.25) is 0 Å². The SMILES string of the molecule is Cc1cc(C(=O)N2CCC[C@H](c3cc(C(N)=O)n[nH]3)C2)no1. The number of carbonyl (C=O) groups is 2. The number of H-pyrrole nitrogens is 1. The van der Waals surface area contributed by atoms with Crippen LogP contribution in [0.15, 0.2) is 16.7 Å². The van der Waals surface area contributed by atoms with Crippen molar-refractivity contribution in [1.29, 1.82) is 0 Å². The molecule has 0 aromatic carbocycles. The predicted molar refractivity (Wildman–Crippen MR) is 76.2 cm³/mol. The van der Waals surface area contributed by atoms with Crippen molar-refractivity contribution < 1.29 is 14.1 Å². The Hall–Kier alpha value is -2.64. The Morgan fingerprint density at radius 3 is 2.86 bits per heavy atom. The molecule has 3 N–H and O–H groups in total. The third-order valence-corrected chi connectivity index (χ3v) is 3.85. The van der Waals surface area contributed by atoms with E-state index in [0.29, 0.717) is 24.5 Å². The lowest BCUT2D eigenvalue weighted by Gasteiger charge is -2.31. The molecule has 8 nitrogen and oxygen atoms in total. The minimum atomic E-state index is -0.565. The molecule has 0 saturated carbocycles. The van der Waals surface area contributed by atoms with Gasteiger partial charge in [0.25, 0.3) is 11.8 Å². The van der Waals surface area contributed by atoms with Gasteiger partial charge in [0.05, 0.1) is 0 Å². The van der Waals surface area contributed by atoms with Gasteiger partial charge in [-0.1, -0.05) is 5.16 Å². The van der Waals surface area contributed by atoms with Gasteiger partial charge in [-0.15, -0.1) is 0 Å².